The molecule has 0 radical (unpaired) electrons. The molecule has 1 heterocycles. The summed E-state index contributed by atoms with van der Waals surface area (Å²) in [5, 5.41) is 6.11. The summed E-state index contributed by atoms with van der Waals surface area (Å²) in [5.74, 6) is 0.340. The monoisotopic (exact) mass is 278 g/mol. The smallest absolute Gasteiger partial charge is 0.134 e. The molecule has 0 fully saturated rings. The molecule has 0 aliphatic heterocycles. The quantitative estimate of drug-likeness (QED) is 0.883. The summed E-state index contributed by atoms with van der Waals surface area (Å²) in [4.78, 5) is 8.23. The van der Waals surface area contributed by atoms with Crippen molar-refractivity contribution in [3.8, 4) is 0 Å². The van der Waals surface area contributed by atoms with Crippen molar-refractivity contribution < 1.29 is 8.78 Å². The molecule has 0 spiro atoms. The van der Waals surface area contributed by atoms with Crippen LogP contribution >= 0.6 is 0 Å². The number of aromatic nitrogens is 2. The van der Waals surface area contributed by atoms with Gasteiger partial charge in [-0.1, -0.05) is 0 Å². The Bertz CT molecular complexity index is 581. The molecule has 0 amide bonds. The molecule has 0 unspecified atom stereocenters. The van der Waals surface area contributed by atoms with E-state index in [1.807, 2.05) is 6.92 Å². The Kier molecular flexibility index (Phi) is 4.45. The maximum Gasteiger partial charge on any atom is 0.134 e. The zero-order valence-electron chi connectivity index (χ0n) is 11.4. The fourth-order valence-electron chi connectivity index (χ4n) is 1.96. The summed E-state index contributed by atoms with van der Waals surface area (Å²) in [6, 6.07) is 3.53. The van der Waals surface area contributed by atoms with Crippen LogP contribution in [0.3, 0.4) is 0 Å². The minimum absolute atomic E-state index is 0.507. The van der Waals surface area contributed by atoms with Crippen molar-refractivity contribution in [3.63, 3.8) is 0 Å². The topological polar surface area (TPSA) is 49.8 Å². The number of nitrogens with zero attached hydrogens (tertiary/aromatic N) is 2. The van der Waals surface area contributed by atoms with Crippen LogP contribution in [0, 0.1) is 18.6 Å². The molecule has 4 nitrogen and oxygen atoms in total. The lowest BCUT2D eigenvalue weighted by atomic mass is 10.1. The Balaban J connectivity index is 1.99. The van der Waals surface area contributed by atoms with E-state index in [-0.39, 0.29) is 0 Å². The Morgan fingerprint density at radius 3 is 2.35 bits per heavy atom. The molecule has 0 aliphatic rings. The highest BCUT2D eigenvalue weighted by atomic mass is 19.1. The zero-order chi connectivity index (χ0) is 14.5. The fraction of sp³-hybridized carbons (Fsp3) is 0.286. The standard InChI is InChI=1S/C14H16F2N4/c1-9-13(17-2)19-8-20-14(9)18-4-3-10-5-11(15)7-12(16)6-10/h5-8H,3-4H2,1-2H3,(H2,17,18,19,20). The number of halogens is 2. The minimum atomic E-state index is -0.560. The third kappa shape index (κ3) is 3.40. The van der Waals surface area contributed by atoms with E-state index in [1.165, 1.54) is 18.5 Å². The molecule has 0 saturated carbocycles. The summed E-state index contributed by atoms with van der Waals surface area (Å²) < 4.78 is 26.1. The van der Waals surface area contributed by atoms with E-state index in [2.05, 4.69) is 20.6 Å². The molecule has 2 N–H and O–H groups in total. The third-order valence-corrected chi connectivity index (χ3v) is 2.95. The first-order valence-electron chi connectivity index (χ1n) is 6.28. The van der Waals surface area contributed by atoms with Crippen molar-refractivity contribution >= 4 is 11.6 Å². The number of rotatable bonds is 5. The van der Waals surface area contributed by atoms with Gasteiger partial charge in [-0.05, 0) is 31.0 Å². The van der Waals surface area contributed by atoms with Crippen LogP contribution in [0.25, 0.3) is 0 Å². The van der Waals surface area contributed by atoms with Crippen molar-refractivity contribution in [3.05, 3.63) is 47.3 Å². The Morgan fingerprint density at radius 1 is 1.05 bits per heavy atom. The van der Waals surface area contributed by atoms with E-state index in [0.29, 0.717) is 24.3 Å². The average Bonchev–Trinajstić information content (AvgIpc) is 2.39. The lowest BCUT2D eigenvalue weighted by Gasteiger charge is -2.11. The lowest BCUT2D eigenvalue weighted by molar-refractivity contribution is 0.580. The van der Waals surface area contributed by atoms with Crippen molar-refractivity contribution in [2.24, 2.45) is 0 Å². The molecule has 0 aliphatic carbocycles. The maximum atomic E-state index is 13.1. The molecule has 106 valence electrons. The number of hydrogen-bond acceptors (Lipinski definition) is 4. The zero-order valence-corrected chi connectivity index (χ0v) is 11.4. The second kappa shape index (κ2) is 6.27. The van der Waals surface area contributed by atoms with Crippen molar-refractivity contribution in [2.45, 2.75) is 13.3 Å². The van der Waals surface area contributed by atoms with Gasteiger partial charge in [-0.3, -0.25) is 0 Å². The molecule has 0 saturated heterocycles. The molecule has 0 bridgehead atoms. The van der Waals surface area contributed by atoms with Crippen LogP contribution in [0.15, 0.2) is 24.5 Å². The highest BCUT2D eigenvalue weighted by Gasteiger charge is 2.05. The Morgan fingerprint density at radius 2 is 1.70 bits per heavy atom. The van der Waals surface area contributed by atoms with Gasteiger partial charge in [-0.15, -0.1) is 0 Å². The van der Waals surface area contributed by atoms with Crippen LogP contribution < -0.4 is 10.6 Å². The molecule has 2 rings (SSSR count). The molecule has 2 aromatic rings. The first-order chi connectivity index (χ1) is 9.60. The van der Waals surface area contributed by atoms with Gasteiger partial charge in [0.15, 0.2) is 0 Å². The number of nitrogens with one attached hydrogen (secondary N) is 2. The Labute approximate surface area is 116 Å². The minimum Gasteiger partial charge on any atom is -0.373 e. The van der Waals surface area contributed by atoms with E-state index in [4.69, 9.17) is 0 Å². The van der Waals surface area contributed by atoms with E-state index in [9.17, 15) is 8.78 Å². The Hall–Kier alpha value is -2.24. The molecule has 6 heteroatoms. The average molecular weight is 278 g/mol. The number of benzene rings is 1. The van der Waals surface area contributed by atoms with Gasteiger partial charge in [0.2, 0.25) is 0 Å². The van der Waals surface area contributed by atoms with Crippen molar-refractivity contribution in [1.82, 2.24) is 9.97 Å². The molecular formula is C14H16F2N4. The van der Waals surface area contributed by atoms with Gasteiger partial charge in [0.25, 0.3) is 0 Å². The van der Waals surface area contributed by atoms with Gasteiger partial charge in [-0.25, -0.2) is 18.7 Å². The summed E-state index contributed by atoms with van der Waals surface area (Å²) in [5.41, 5.74) is 1.51. The highest BCUT2D eigenvalue weighted by molar-refractivity contribution is 5.56. The normalized spacial score (nSPS) is 10.4. The van der Waals surface area contributed by atoms with Crippen molar-refractivity contribution in [1.29, 1.82) is 0 Å². The van der Waals surface area contributed by atoms with Gasteiger partial charge >= 0.3 is 0 Å². The second-order valence-corrected chi connectivity index (χ2v) is 4.40. The predicted molar refractivity (Wildman–Crippen MR) is 74.9 cm³/mol. The summed E-state index contributed by atoms with van der Waals surface area (Å²) in [7, 11) is 1.79. The lowest BCUT2D eigenvalue weighted by Crippen LogP contribution is -2.09. The van der Waals surface area contributed by atoms with Crippen LogP contribution in [0.2, 0.25) is 0 Å². The van der Waals surface area contributed by atoms with E-state index in [1.54, 1.807) is 7.05 Å². The van der Waals surface area contributed by atoms with Gasteiger partial charge in [0.05, 0.1) is 0 Å². The van der Waals surface area contributed by atoms with Crippen molar-refractivity contribution in [2.75, 3.05) is 24.2 Å². The van der Waals surface area contributed by atoms with Crippen LogP contribution in [0.1, 0.15) is 11.1 Å². The molecule has 20 heavy (non-hydrogen) atoms. The predicted octanol–water partition coefficient (Wildman–Crippen LogP) is 2.76. The molecule has 0 atom stereocenters. The first-order valence-corrected chi connectivity index (χ1v) is 6.28. The second-order valence-electron chi connectivity index (χ2n) is 4.40. The van der Waals surface area contributed by atoms with Crippen LogP contribution in [-0.2, 0) is 6.42 Å². The molecule has 1 aromatic heterocycles. The van der Waals surface area contributed by atoms with E-state index in [0.717, 1.165) is 17.4 Å². The van der Waals surface area contributed by atoms with E-state index >= 15 is 0 Å². The summed E-state index contributed by atoms with van der Waals surface area (Å²) in [6.45, 7) is 2.43. The van der Waals surface area contributed by atoms with E-state index < -0.39 is 11.6 Å². The SMILES string of the molecule is CNc1ncnc(NCCc2cc(F)cc(F)c2)c1C. The highest BCUT2D eigenvalue weighted by Crippen LogP contribution is 2.17. The number of hydrogen-bond donors (Lipinski definition) is 2. The third-order valence-electron chi connectivity index (χ3n) is 2.95. The van der Waals surface area contributed by atoms with Crippen LogP contribution in [-0.4, -0.2) is 23.6 Å². The molecule has 1 aromatic carbocycles. The molecular weight excluding hydrogens is 262 g/mol. The van der Waals surface area contributed by atoms with Gasteiger partial charge in [0.1, 0.15) is 29.6 Å². The van der Waals surface area contributed by atoms with Gasteiger partial charge < -0.3 is 10.6 Å². The first kappa shape index (κ1) is 14.2. The largest absolute Gasteiger partial charge is 0.373 e. The maximum absolute atomic E-state index is 13.1. The van der Waals surface area contributed by atoms with Gasteiger partial charge in [0, 0.05) is 25.2 Å². The van der Waals surface area contributed by atoms with Gasteiger partial charge in [-0.2, -0.15) is 0 Å². The number of anilines is 2. The summed E-state index contributed by atoms with van der Waals surface area (Å²) in [6.07, 6.45) is 1.97. The summed E-state index contributed by atoms with van der Waals surface area (Å²) >= 11 is 0. The fourth-order valence-corrected chi connectivity index (χ4v) is 1.96. The van der Waals surface area contributed by atoms with Crippen LogP contribution in [0.5, 0.6) is 0 Å². The van der Waals surface area contributed by atoms with Crippen LogP contribution in [0.4, 0.5) is 20.4 Å².